The Kier molecular flexibility index (Phi) is 10.1. The van der Waals surface area contributed by atoms with Gasteiger partial charge >= 0.3 is 6.09 Å². The van der Waals surface area contributed by atoms with Crippen molar-refractivity contribution in [2.75, 3.05) is 5.32 Å². The van der Waals surface area contributed by atoms with Crippen molar-refractivity contribution >= 4 is 34.4 Å². The molecular formula is C35H47N3O4. The number of ether oxygens (including phenoxy) is 1. The summed E-state index contributed by atoms with van der Waals surface area (Å²) >= 11 is 0. The summed E-state index contributed by atoms with van der Waals surface area (Å²) in [4.78, 5) is 43.4. The van der Waals surface area contributed by atoms with Crippen LogP contribution in [0, 0.1) is 19.8 Å². The van der Waals surface area contributed by atoms with E-state index in [9.17, 15) is 14.4 Å². The summed E-state index contributed by atoms with van der Waals surface area (Å²) in [5.74, 6) is -0.578. The van der Waals surface area contributed by atoms with Crippen LogP contribution < -0.4 is 10.6 Å². The molecule has 7 nitrogen and oxygen atoms in total. The van der Waals surface area contributed by atoms with Crippen molar-refractivity contribution in [2.45, 2.75) is 98.9 Å². The van der Waals surface area contributed by atoms with Gasteiger partial charge < -0.3 is 20.3 Å². The number of carbonyl (C=O) groups is 3. The Hall–Kier alpha value is -3.87. The van der Waals surface area contributed by atoms with Crippen molar-refractivity contribution in [3.05, 3.63) is 77.4 Å². The number of nitrogens with zero attached hydrogens (tertiary/aromatic N) is 1. The van der Waals surface area contributed by atoms with E-state index in [4.69, 9.17) is 4.74 Å². The maximum absolute atomic E-state index is 14.5. The van der Waals surface area contributed by atoms with Crippen LogP contribution in [0.2, 0.25) is 0 Å². The number of fused-ring (bicyclic) bond motifs is 1. The summed E-state index contributed by atoms with van der Waals surface area (Å²) in [6, 6.07) is 17.7. The minimum atomic E-state index is -0.959. The van der Waals surface area contributed by atoms with Crippen LogP contribution in [0.5, 0.6) is 0 Å². The highest BCUT2D eigenvalue weighted by molar-refractivity contribution is 6.01. The van der Waals surface area contributed by atoms with Crippen molar-refractivity contribution in [3.63, 3.8) is 0 Å². The Morgan fingerprint density at radius 2 is 1.50 bits per heavy atom. The Bertz CT molecular complexity index is 1430. The Balaban J connectivity index is 2.11. The molecule has 0 spiro atoms. The summed E-state index contributed by atoms with van der Waals surface area (Å²) in [5, 5.41) is 7.98. The van der Waals surface area contributed by atoms with Gasteiger partial charge in [0.05, 0.1) is 0 Å². The summed E-state index contributed by atoms with van der Waals surface area (Å²) < 4.78 is 5.51. The monoisotopic (exact) mass is 573 g/mol. The van der Waals surface area contributed by atoms with E-state index >= 15 is 0 Å². The lowest BCUT2D eigenvalue weighted by molar-refractivity contribution is -0.147. The second-order valence-corrected chi connectivity index (χ2v) is 13.5. The largest absolute Gasteiger partial charge is 0.444 e. The maximum atomic E-state index is 14.5. The number of alkyl carbamates (subject to hydrolysis) is 1. The normalized spacial score (nSPS) is 13.4. The fraction of sp³-hybridized carbons (Fsp3) is 0.457. The standard InChI is InChI=1S/C35H47N3O4/c1-22(2)20-29(37-33(41)42-35(8,9)10)32(40)38(34(5,6)7)30(28-17-13-14-23(3)24(28)4)31(39)36-27-19-18-25-15-11-12-16-26(25)21-27/h11-19,21-22,29-30H,20H2,1-10H3,(H,36,39)(H,37,41). The van der Waals surface area contributed by atoms with Gasteiger partial charge in [0.2, 0.25) is 5.91 Å². The molecule has 0 saturated carbocycles. The molecule has 0 aliphatic rings. The zero-order chi connectivity index (χ0) is 31.4. The Morgan fingerprint density at radius 1 is 0.857 bits per heavy atom. The molecular weight excluding hydrogens is 526 g/mol. The predicted molar refractivity (Wildman–Crippen MR) is 170 cm³/mol. The molecule has 0 saturated heterocycles. The summed E-state index contributed by atoms with van der Waals surface area (Å²) in [7, 11) is 0. The van der Waals surface area contributed by atoms with Crippen molar-refractivity contribution < 1.29 is 19.1 Å². The lowest BCUT2D eigenvalue weighted by atomic mass is 9.90. The summed E-state index contributed by atoms with van der Waals surface area (Å²) in [6.07, 6.45) is -0.282. The van der Waals surface area contributed by atoms with E-state index in [0.29, 0.717) is 12.1 Å². The Morgan fingerprint density at radius 3 is 2.10 bits per heavy atom. The second-order valence-electron chi connectivity index (χ2n) is 13.5. The Labute approximate surface area is 251 Å². The number of benzene rings is 3. The highest BCUT2D eigenvalue weighted by Gasteiger charge is 2.42. The van der Waals surface area contributed by atoms with Gasteiger partial charge in [-0.2, -0.15) is 0 Å². The first-order valence-corrected chi connectivity index (χ1v) is 14.7. The molecule has 0 fully saturated rings. The number of amides is 3. The van der Waals surface area contributed by atoms with Gasteiger partial charge in [-0.1, -0.05) is 62.4 Å². The molecule has 3 amide bonds. The van der Waals surface area contributed by atoms with Gasteiger partial charge in [0, 0.05) is 11.2 Å². The SMILES string of the molecule is Cc1cccc(C(C(=O)Nc2ccc3ccccc3c2)N(C(=O)C(CC(C)C)NC(=O)OC(C)(C)C)C(C)(C)C)c1C. The molecule has 7 heteroatoms. The molecule has 0 aromatic heterocycles. The zero-order valence-electron chi connectivity index (χ0n) is 26.8. The summed E-state index contributed by atoms with van der Waals surface area (Å²) in [5.41, 5.74) is 1.82. The number of hydrogen-bond donors (Lipinski definition) is 2. The highest BCUT2D eigenvalue weighted by atomic mass is 16.6. The molecule has 0 aliphatic heterocycles. The molecule has 3 aromatic carbocycles. The van der Waals surface area contributed by atoms with Gasteiger partial charge in [0.15, 0.2) is 0 Å². The molecule has 2 atom stereocenters. The first-order chi connectivity index (χ1) is 19.5. The number of carbonyl (C=O) groups excluding carboxylic acids is 3. The highest BCUT2D eigenvalue weighted by Crippen LogP contribution is 2.34. The van der Waals surface area contributed by atoms with E-state index in [1.165, 1.54) is 0 Å². The molecule has 42 heavy (non-hydrogen) atoms. The van der Waals surface area contributed by atoms with Crippen LogP contribution in [0.4, 0.5) is 10.5 Å². The first kappa shape index (κ1) is 32.6. The number of hydrogen-bond acceptors (Lipinski definition) is 4. The maximum Gasteiger partial charge on any atom is 0.408 e. The van der Waals surface area contributed by atoms with E-state index in [1.54, 1.807) is 25.7 Å². The quantitative estimate of drug-likeness (QED) is 0.289. The number of anilines is 1. The van der Waals surface area contributed by atoms with Crippen molar-refractivity contribution in [1.29, 1.82) is 0 Å². The van der Waals surface area contributed by atoms with Gasteiger partial charge in [-0.05, 0) is 107 Å². The van der Waals surface area contributed by atoms with Crippen LogP contribution in [0.1, 0.15) is 84.5 Å². The molecule has 3 rings (SSSR count). The number of nitrogens with one attached hydrogen (secondary N) is 2. The van der Waals surface area contributed by atoms with Gasteiger partial charge in [-0.15, -0.1) is 0 Å². The van der Waals surface area contributed by atoms with Crippen molar-refractivity contribution in [2.24, 2.45) is 5.92 Å². The van der Waals surface area contributed by atoms with Crippen LogP contribution in [0.15, 0.2) is 60.7 Å². The first-order valence-electron chi connectivity index (χ1n) is 14.7. The average molecular weight is 574 g/mol. The third-order valence-corrected chi connectivity index (χ3v) is 7.12. The van der Waals surface area contributed by atoms with Crippen LogP contribution >= 0.6 is 0 Å². The second kappa shape index (κ2) is 13.0. The van der Waals surface area contributed by atoms with Crippen molar-refractivity contribution in [3.8, 4) is 0 Å². The molecule has 2 unspecified atom stereocenters. The van der Waals surface area contributed by atoms with Crippen LogP contribution in [-0.2, 0) is 14.3 Å². The van der Waals surface area contributed by atoms with Crippen LogP contribution in [0.3, 0.4) is 0 Å². The molecule has 0 radical (unpaired) electrons. The number of aryl methyl sites for hydroxylation is 1. The summed E-state index contributed by atoms with van der Waals surface area (Å²) in [6.45, 7) is 19.0. The molecule has 0 aliphatic carbocycles. The van der Waals surface area contributed by atoms with E-state index < -0.39 is 29.3 Å². The molecule has 226 valence electrons. The fourth-order valence-corrected chi connectivity index (χ4v) is 5.10. The van der Waals surface area contributed by atoms with E-state index in [1.807, 2.05) is 109 Å². The van der Waals surface area contributed by atoms with Crippen LogP contribution in [-0.4, -0.2) is 40.0 Å². The van der Waals surface area contributed by atoms with Gasteiger partial charge in [-0.25, -0.2) is 4.79 Å². The minimum absolute atomic E-state index is 0.0984. The lowest BCUT2D eigenvalue weighted by Gasteiger charge is -2.43. The molecule has 0 bridgehead atoms. The zero-order valence-corrected chi connectivity index (χ0v) is 26.8. The third-order valence-electron chi connectivity index (χ3n) is 7.12. The molecule has 2 N–H and O–H groups in total. The lowest BCUT2D eigenvalue weighted by Crippen LogP contribution is -2.58. The van der Waals surface area contributed by atoms with Gasteiger partial charge in [0.1, 0.15) is 17.7 Å². The van der Waals surface area contributed by atoms with Crippen LogP contribution in [0.25, 0.3) is 10.8 Å². The average Bonchev–Trinajstić information content (AvgIpc) is 2.86. The van der Waals surface area contributed by atoms with E-state index in [-0.39, 0.29) is 17.7 Å². The fourth-order valence-electron chi connectivity index (χ4n) is 5.10. The topological polar surface area (TPSA) is 87.7 Å². The van der Waals surface area contributed by atoms with E-state index in [0.717, 1.165) is 27.5 Å². The smallest absolute Gasteiger partial charge is 0.408 e. The van der Waals surface area contributed by atoms with Gasteiger partial charge in [-0.3, -0.25) is 9.59 Å². The van der Waals surface area contributed by atoms with E-state index in [2.05, 4.69) is 10.6 Å². The minimum Gasteiger partial charge on any atom is -0.444 e. The third kappa shape index (κ3) is 8.34. The molecule has 0 heterocycles. The predicted octanol–water partition coefficient (Wildman–Crippen LogP) is 7.70. The molecule has 3 aromatic rings. The van der Waals surface area contributed by atoms with Crippen molar-refractivity contribution in [1.82, 2.24) is 10.2 Å². The number of rotatable bonds is 8. The van der Waals surface area contributed by atoms with Gasteiger partial charge in [0.25, 0.3) is 5.91 Å².